The second-order valence-corrected chi connectivity index (χ2v) is 6.14. The lowest BCUT2D eigenvalue weighted by Gasteiger charge is -2.37. The van der Waals surface area contributed by atoms with Crippen LogP contribution < -0.4 is 4.90 Å². The summed E-state index contributed by atoms with van der Waals surface area (Å²) < 4.78 is 5.40. The van der Waals surface area contributed by atoms with Crippen molar-refractivity contribution in [3.63, 3.8) is 0 Å². The SMILES string of the molecule is O=[N+]([O-])c1ccc(N2CCC[C@H](CN3CCOCC3)C2)cc1. The summed E-state index contributed by atoms with van der Waals surface area (Å²) in [4.78, 5) is 15.2. The number of rotatable bonds is 4. The third-order valence-electron chi connectivity index (χ3n) is 4.56. The predicted octanol–water partition coefficient (Wildman–Crippen LogP) is 2.14. The molecule has 2 fully saturated rings. The van der Waals surface area contributed by atoms with Crippen molar-refractivity contribution in [2.75, 3.05) is 50.8 Å². The molecule has 2 aliphatic rings. The van der Waals surface area contributed by atoms with Gasteiger partial charge in [0.2, 0.25) is 0 Å². The molecule has 1 aromatic rings. The van der Waals surface area contributed by atoms with Gasteiger partial charge in [-0.3, -0.25) is 15.0 Å². The lowest BCUT2D eigenvalue weighted by molar-refractivity contribution is -0.384. The van der Waals surface area contributed by atoms with E-state index in [2.05, 4.69) is 9.80 Å². The quantitative estimate of drug-likeness (QED) is 0.630. The first-order chi connectivity index (χ1) is 10.7. The third-order valence-corrected chi connectivity index (χ3v) is 4.56. The summed E-state index contributed by atoms with van der Waals surface area (Å²) in [5, 5.41) is 10.7. The smallest absolute Gasteiger partial charge is 0.269 e. The Morgan fingerprint density at radius 3 is 2.59 bits per heavy atom. The lowest BCUT2D eigenvalue weighted by atomic mass is 9.96. The molecule has 0 N–H and O–H groups in total. The Morgan fingerprint density at radius 2 is 1.91 bits per heavy atom. The third kappa shape index (κ3) is 3.75. The van der Waals surface area contributed by atoms with Crippen LogP contribution in [0.2, 0.25) is 0 Å². The van der Waals surface area contributed by atoms with Gasteiger partial charge in [0.25, 0.3) is 5.69 Å². The van der Waals surface area contributed by atoms with Crippen LogP contribution in [0.5, 0.6) is 0 Å². The monoisotopic (exact) mass is 305 g/mol. The summed E-state index contributed by atoms with van der Waals surface area (Å²) in [5.74, 6) is 0.669. The molecule has 0 saturated carbocycles. The lowest BCUT2D eigenvalue weighted by Crippen LogP contribution is -2.44. The van der Waals surface area contributed by atoms with Gasteiger partial charge in [0.15, 0.2) is 0 Å². The number of nitrogens with zero attached hydrogens (tertiary/aromatic N) is 3. The number of non-ortho nitro benzene ring substituents is 1. The molecule has 0 aliphatic carbocycles. The molecule has 22 heavy (non-hydrogen) atoms. The fourth-order valence-corrected chi connectivity index (χ4v) is 3.38. The van der Waals surface area contributed by atoms with Gasteiger partial charge in [0.05, 0.1) is 18.1 Å². The van der Waals surface area contributed by atoms with Crippen LogP contribution in [0.25, 0.3) is 0 Å². The molecule has 3 rings (SSSR count). The van der Waals surface area contributed by atoms with Gasteiger partial charge in [0, 0.05) is 50.5 Å². The van der Waals surface area contributed by atoms with Crippen LogP contribution in [-0.4, -0.2) is 55.8 Å². The van der Waals surface area contributed by atoms with Gasteiger partial charge in [0.1, 0.15) is 0 Å². The molecule has 0 bridgehead atoms. The number of hydrogen-bond acceptors (Lipinski definition) is 5. The van der Waals surface area contributed by atoms with E-state index in [9.17, 15) is 10.1 Å². The van der Waals surface area contributed by atoms with E-state index in [0.29, 0.717) is 5.92 Å². The summed E-state index contributed by atoms with van der Waals surface area (Å²) in [5.41, 5.74) is 1.25. The van der Waals surface area contributed by atoms with Crippen LogP contribution in [-0.2, 0) is 4.74 Å². The topological polar surface area (TPSA) is 58.9 Å². The number of hydrogen-bond donors (Lipinski definition) is 0. The first-order valence-corrected chi connectivity index (χ1v) is 8.02. The molecule has 0 amide bonds. The Labute approximate surface area is 130 Å². The van der Waals surface area contributed by atoms with E-state index >= 15 is 0 Å². The van der Waals surface area contributed by atoms with Crippen molar-refractivity contribution < 1.29 is 9.66 Å². The summed E-state index contributed by atoms with van der Waals surface area (Å²) in [6.45, 7) is 6.97. The van der Waals surface area contributed by atoms with Crippen molar-refractivity contribution in [3.05, 3.63) is 34.4 Å². The number of ether oxygens (including phenoxy) is 1. The Morgan fingerprint density at radius 1 is 1.18 bits per heavy atom. The summed E-state index contributed by atoms with van der Waals surface area (Å²) >= 11 is 0. The molecule has 2 heterocycles. The minimum absolute atomic E-state index is 0.158. The molecule has 0 radical (unpaired) electrons. The molecular formula is C16H23N3O3. The van der Waals surface area contributed by atoms with Gasteiger partial charge in [-0.05, 0) is 30.9 Å². The van der Waals surface area contributed by atoms with Crippen LogP contribution >= 0.6 is 0 Å². The molecule has 6 nitrogen and oxygen atoms in total. The highest BCUT2D eigenvalue weighted by Crippen LogP contribution is 2.25. The van der Waals surface area contributed by atoms with Crippen molar-refractivity contribution >= 4 is 11.4 Å². The van der Waals surface area contributed by atoms with Crippen LogP contribution in [0.4, 0.5) is 11.4 Å². The molecule has 0 aromatic heterocycles. The highest BCUT2D eigenvalue weighted by Gasteiger charge is 2.23. The minimum Gasteiger partial charge on any atom is -0.379 e. The number of morpholine rings is 1. The first-order valence-electron chi connectivity index (χ1n) is 8.02. The second kappa shape index (κ2) is 7.07. The van der Waals surface area contributed by atoms with Gasteiger partial charge in [-0.25, -0.2) is 0 Å². The number of nitro benzene ring substituents is 1. The van der Waals surface area contributed by atoms with E-state index in [0.717, 1.165) is 51.6 Å². The Bertz CT molecular complexity index is 500. The first kappa shape index (κ1) is 15.2. The molecule has 2 saturated heterocycles. The van der Waals surface area contributed by atoms with Crippen molar-refractivity contribution in [1.82, 2.24) is 4.90 Å². The summed E-state index contributed by atoms with van der Waals surface area (Å²) in [7, 11) is 0. The highest BCUT2D eigenvalue weighted by molar-refractivity contribution is 5.51. The van der Waals surface area contributed by atoms with Gasteiger partial charge in [-0.15, -0.1) is 0 Å². The maximum atomic E-state index is 10.7. The van der Waals surface area contributed by atoms with E-state index < -0.39 is 0 Å². The molecule has 0 unspecified atom stereocenters. The normalized spacial score (nSPS) is 23.5. The zero-order valence-electron chi connectivity index (χ0n) is 12.8. The minimum atomic E-state index is -0.346. The van der Waals surface area contributed by atoms with Crippen LogP contribution in [0.3, 0.4) is 0 Å². The Kier molecular flexibility index (Phi) is 4.90. The number of nitro groups is 1. The maximum absolute atomic E-state index is 10.7. The largest absolute Gasteiger partial charge is 0.379 e. The van der Waals surface area contributed by atoms with E-state index in [1.54, 1.807) is 12.1 Å². The number of benzene rings is 1. The molecule has 0 spiro atoms. The molecule has 2 aliphatic heterocycles. The van der Waals surface area contributed by atoms with E-state index in [1.165, 1.54) is 12.8 Å². The molecule has 120 valence electrons. The van der Waals surface area contributed by atoms with Gasteiger partial charge in [-0.2, -0.15) is 0 Å². The van der Waals surface area contributed by atoms with Crippen LogP contribution in [0.1, 0.15) is 12.8 Å². The number of anilines is 1. The highest BCUT2D eigenvalue weighted by atomic mass is 16.6. The van der Waals surface area contributed by atoms with Crippen molar-refractivity contribution in [2.45, 2.75) is 12.8 Å². The second-order valence-electron chi connectivity index (χ2n) is 6.14. The Hall–Kier alpha value is -1.66. The number of piperidine rings is 1. The average Bonchev–Trinajstić information content (AvgIpc) is 2.56. The fraction of sp³-hybridized carbons (Fsp3) is 0.625. The molecular weight excluding hydrogens is 282 g/mol. The van der Waals surface area contributed by atoms with E-state index in [-0.39, 0.29) is 10.6 Å². The molecule has 1 atom stereocenters. The fourth-order valence-electron chi connectivity index (χ4n) is 3.38. The Balaban J connectivity index is 1.58. The maximum Gasteiger partial charge on any atom is 0.269 e. The summed E-state index contributed by atoms with van der Waals surface area (Å²) in [6.07, 6.45) is 2.45. The zero-order valence-corrected chi connectivity index (χ0v) is 12.8. The van der Waals surface area contributed by atoms with Crippen molar-refractivity contribution in [1.29, 1.82) is 0 Å². The van der Waals surface area contributed by atoms with E-state index in [4.69, 9.17) is 4.74 Å². The van der Waals surface area contributed by atoms with Crippen LogP contribution in [0.15, 0.2) is 24.3 Å². The molecule has 6 heteroatoms. The average molecular weight is 305 g/mol. The van der Waals surface area contributed by atoms with Gasteiger partial charge >= 0.3 is 0 Å². The summed E-state index contributed by atoms with van der Waals surface area (Å²) in [6, 6.07) is 6.94. The van der Waals surface area contributed by atoms with Gasteiger partial charge in [-0.1, -0.05) is 0 Å². The van der Waals surface area contributed by atoms with Crippen molar-refractivity contribution in [3.8, 4) is 0 Å². The predicted molar refractivity (Wildman–Crippen MR) is 85.3 cm³/mol. The van der Waals surface area contributed by atoms with Crippen molar-refractivity contribution in [2.24, 2.45) is 5.92 Å². The van der Waals surface area contributed by atoms with Gasteiger partial charge < -0.3 is 9.64 Å². The standard InChI is InChI=1S/C16H23N3O3/c20-19(21)16-5-3-15(4-6-16)18-7-1-2-14(13-18)12-17-8-10-22-11-9-17/h3-6,14H,1-2,7-13H2/t14-/m1/s1. The zero-order chi connectivity index (χ0) is 15.4. The van der Waals surface area contributed by atoms with Crippen LogP contribution in [0, 0.1) is 16.0 Å². The molecule has 1 aromatic carbocycles. The van der Waals surface area contributed by atoms with E-state index in [1.807, 2.05) is 12.1 Å².